The Morgan fingerprint density at radius 3 is 2.55 bits per heavy atom. The molecule has 1 amide bonds. The summed E-state index contributed by atoms with van der Waals surface area (Å²) in [6, 6.07) is 13.9. The van der Waals surface area contributed by atoms with E-state index < -0.39 is 0 Å². The number of carbonyl (C=O) groups excluding carboxylic acids is 1. The van der Waals surface area contributed by atoms with Gasteiger partial charge in [-0.25, -0.2) is 4.79 Å². The van der Waals surface area contributed by atoms with Crippen molar-refractivity contribution in [3.05, 3.63) is 69.6 Å². The van der Waals surface area contributed by atoms with Gasteiger partial charge >= 0.3 is 5.63 Å². The van der Waals surface area contributed by atoms with Crippen LogP contribution in [0.1, 0.15) is 23.1 Å². The van der Waals surface area contributed by atoms with Crippen LogP contribution in [0.25, 0.3) is 11.0 Å². The normalized spacial score (nSPS) is 14.2. The average Bonchev–Trinajstić information content (AvgIpc) is 2.78. The van der Waals surface area contributed by atoms with Crippen LogP contribution in [-0.2, 0) is 11.2 Å². The van der Waals surface area contributed by atoms with Gasteiger partial charge in [0.25, 0.3) is 0 Å². The smallest absolute Gasteiger partial charge is 0.339 e. The van der Waals surface area contributed by atoms with Crippen molar-refractivity contribution in [2.75, 3.05) is 38.2 Å². The molecular weight excluding hydrogens is 392 g/mol. The highest BCUT2D eigenvalue weighted by molar-refractivity contribution is 5.83. The lowest BCUT2D eigenvalue weighted by atomic mass is 10.0. The van der Waals surface area contributed by atoms with Crippen LogP contribution in [0.5, 0.6) is 5.75 Å². The third-order valence-corrected chi connectivity index (χ3v) is 6.08. The highest BCUT2D eigenvalue weighted by Gasteiger charge is 2.22. The molecule has 2 aromatic carbocycles. The highest BCUT2D eigenvalue weighted by atomic mass is 16.5. The minimum atomic E-state index is -0.379. The number of carbonyl (C=O) groups is 1. The molecule has 1 aromatic heterocycles. The Kier molecular flexibility index (Phi) is 5.98. The first-order chi connectivity index (χ1) is 15.0. The second kappa shape index (κ2) is 8.84. The van der Waals surface area contributed by atoms with Gasteiger partial charge < -0.3 is 19.0 Å². The number of aryl methyl sites for hydroxylation is 2. The number of ether oxygens (including phenoxy) is 1. The van der Waals surface area contributed by atoms with Gasteiger partial charge in [-0.15, -0.1) is 0 Å². The maximum Gasteiger partial charge on any atom is 0.339 e. The van der Waals surface area contributed by atoms with Crippen LogP contribution in [0, 0.1) is 13.8 Å². The van der Waals surface area contributed by atoms with Crippen LogP contribution in [-0.4, -0.2) is 44.1 Å². The molecule has 0 spiro atoms. The first kappa shape index (κ1) is 21.0. The molecule has 0 radical (unpaired) electrons. The van der Waals surface area contributed by atoms with Gasteiger partial charge in [0.2, 0.25) is 5.91 Å². The van der Waals surface area contributed by atoms with Gasteiger partial charge in [0.15, 0.2) is 0 Å². The molecule has 6 heteroatoms. The average molecular weight is 421 g/mol. The van der Waals surface area contributed by atoms with Crippen LogP contribution in [0.2, 0.25) is 0 Å². The zero-order valence-electron chi connectivity index (χ0n) is 18.3. The molecule has 0 unspecified atom stereocenters. The van der Waals surface area contributed by atoms with Gasteiger partial charge in [-0.3, -0.25) is 4.79 Å². The fraction of sp³-hybridized carbons (Fsp3) is 0.360. The van der Waals surface area contributed by atoms with Gasteiger partial charge in [-0.05, 0) is 55.7 Å². The number of piperazine rings is 1. The van der Waals surface area contributed by atoms with E-state index >= 15 is 0 Å². The molecule has 162 valence electrons. The van der Waals surface area contributed by atoms with Crippen LogP contribution < -0.4 is 15.3 Å². The minimum absolute atomic E-state index is 0.0810. The van der Waals surface area contributed by atoms with Crippen molar-refractivity contribution in [1.29, 1.82) is 0 Å². The predicted octanol–water partition coefficient (Wildman–Crippen LogP) is 3.70. The number of hydrogen-bond donors (Lipinski definition) is 0. The summed E-state index contributed by atoms with van der Waals surface area (Å²) >= 11 is 0. The third-order valence-electron chi connectivity index (χ3n) is 6.08. The molecular formula is C25H28N2O4. The Hall–Kier alpha value is -3.28. The van der Waals surface area contributed by atoms with Gasteiger partial charge in [0.05, 0.1) is 7.11 Å². The number of nitrogens with zero attached hydrogens (tertiary/aromatic N) is 2. The molecule has 31 heavy (non-hydrogen) atoms. The monoisotopic (exact) mass is 420 g/mol. The fourth-order valence-corrected chi connectivity index (χ4v) is 4.22. The summed E-state index contributed by atoms with van der Waals surface area (Å²) in [5.74, 6) is 0.723. The molecule has 0 atom stereocenters. The Labute approximate surface area is 182 Å². The van der Waals surface area contributed by atoms with Gasteiger partial charge in [0, 0.05) is 55.3 Å². The topological polar surface area (TPSA) is 63.0 Å². The molecule has 1 fully saturated rings. The quantitative estimate of drug-likeness (QED) is 0.589. The van der Waals surface area contributed by atoms with Crippen molar-refractivity contribution in [3.8, 4) is 5.75 Å². The molecule has 1 aliphatic heterocycles. The van der Waals surface area contributed by atoms with Crippen molar-refractivity contribution in [1.82, 2.24) is 4.90 Å². The summed E-state index contributed by atoms with van der Waals surface area (Å²) in [5.41, 5.74) is 4.00. The van der Waals surface area contributed by atoms with E-state index in [-0.39, 0.29) is 11.5 Å². The first-order valence-electron chi connectivity index (χ1n) is 10.7. The van der Waals surface area contributed by atoms with Crippen LogP contribution in [0.4, 0.5) is 5.69 Å². The SMILES string of the molecule is COc1ccc2c(C)c(CCC(=O)N3CCN(c4cccc(C)c4)CC3)c(=O)oc2c1. The van der Waals surface area contributed by atoms with Gasteiger partial charge in [0.1, 0.15) is 11.3 Å². The van der Waals surface area contributed by atoms with E-state index in [0.29, 0.717) is 42.8 Å². The molecule has 0 aliphatic carbocycles. The Balaban J connectivity index is 1.40. The van der Waals surface area contributed by atoms with Crippen LogP contribution >= 0.6 is 0 Å². The van der Waals surface area contributed by atoms with E-state index in [1.54, 1.807) is 13.2 Å². The van der Waals surface area contributed by atoms with E-state index in [4.69, 9.17) is 9.15 Å². The Bertz CT molecular complexity index is 1160. The highest BCUT2D eigenvalue weighted by Crippen LogP contribution is 2.25. The van der Waals surface area contributed by atoms with Gasteiger partial charge in [-0.1, -0.05) is 12.1 Å². The fourth-order valence-electron chi connectivity index (χ4n) is 4.22. The van der Waals surface area contributed by atoms with E-state index in [1.165, 1.54) is 11.3 Å². The number of hydrogen-bond acceptors (Lipinski definition) is 5. The summed E-state index contributed by atoms with van der Waals surface area (Å²) in [6.45, 7) is 7.01. The minimum Gasteiger partial charge on any atom is -0.497 e. The second-order valence-corrected chi connectivity index (χ2v) is 8.06. The van der Waals surface area contributed by atoms with E-state index in [9.17, 15) is 9.59 Å². The predicted molar refractivity (Wildman–Crippen MR) is 122 cm³/mol. The summed E-state index contributed by atoms with van der Waals surface area (Å²) < 4.78 is 10.7. The Morgan fingerprint density at radius 2 is 1.84 bits per heavy atom. The lowest BCUT2D eigenvalue weighted by Crippen LogP contribution is -2.48. The molecule has 4 rings (SSSR count). The van der Waals surface area contributed by atoms with E-state index in [1.807, 2.05) is 24.0 Å². The molecule has 0 N–H and O–H groups in total. The molecule has 1 saturated heterocycles. The first-order valence-corrected chi connectivity index (χ1v) is 10.7. The Morgan fingerprint density at radius 1 is 1.06 bits per heavy atom. The zero-order valence-corrected chi connectivity index (χ0v) is 18.3. The molecule has 1 aliphatic rings. The third kappa shape index (κ3) is 4.43. The maximum atomic E-state index is 12.8. The molecule has 3 aromatic rings. The van der Waals surface area contributed by atoms with E-state index in [2.05, 4.69) is 36.1 Å². The second-order valence-electron chi connectivity index (χ2n) is 8.06. The largest absolute Gasteiger partial charge is 0.497 e. The summed E-state index contributed by atoms with van der Waals surface area (Å²) in [5, 5.41) is 0.870. The standard InChI is InChI=1S/C25H28N2O4/c1-17-5-4-6-19(15-17)26-11-13-27(14-12-26)24(28)10-9-22-18(2)21-8-7-20(30-3)16-23(21)31-25(22)29/h4-8,15-16H,9-14H2,1-3H3. The maximum absolute atomic E-state index is 12.8. The van der Waals surface area contributed by atoms with Crippen molar-refractivity contribution < 1.29 is 13.9 Å². The van der Waals surface area contributed by atoms with Crippen molar-refractivity contribution in [3.63, 3.8) is 0 Å². The molecule has 0 bridgehead atoms. The lowest BCUT2D eigenvalue weighted by Gasteiger charge is -2.36. The van der Waals surface area contributed by atoms with Gasteiger partial charge in [-0.2, -0.15) is 0 Å². The number of methoxy groups -OCH3 is 1. The number of anilines is 1. The van der Waals surface area contributed by atoms with E-state index in [0.717, 1.165) is 24.0 Å². The lowest BCUT2D eigenvalue weighted by molar-refractivity contribution is -0.131. The summed E-state index contributed by atoms with van der Waals surface area (Å²) in [4.78, 5) is 29.5. The van der Waals surface area contributed by atoms with Crippen molar-refractivity contribution >= 4 is 22.6 Å². The zero-order chi connectivity index (χ0) is 22.0. The molecule has 6 nitrogen and oxygen atoms in total. The van der Waals surface area contributed by atoms with Crippen LogP contribution in [0.3, 0.4) is 0 Å². The number of amides is 1. The molecule has 0 saturated carbocycles. The summed E-state index contributed by atoms with van der Waals surface area (Å²) in [6.07, 6.45) is 0.685. The number of benzene rings is 2. The van der Waals surface area contributed by atoms with Crippen molar-refractivity contribution in [2.24, 2.45) is 0 Å². The number of rotatable bonds is 5. The summed E-state index contributed by atoms with van der Waals surface area (Å²) in [7, 11) is 1.58. The number of fused-ring (bicyclic) bond motifs is 1. The van der Waals surface area contributed by atoms with Crippen molar-refractivity contribution in [2.45, 2.75) is 26.7 Å². The van der Waals surface area contributed by atoms with Crippen LogP contribution in [0.15, 0.2) is 51.7 Å². The molecule has 2 heterocycles.